The molecule has 3 fully saturated rings. The Bertz CT molecular complexity index is 3440. The number of anilines is 2. The number of likely N-dealkylation sites (N-methyl/N-ethyl adjacent to an activating group) is 2. The Labute approximate surface area is 496 Å². The molecule has 0 bridgehead atoms. The zero-order valence-electron chi connectivity index (χ0n) is 46.0. The topological polar surface area (TPSA) is 270 Å². The summed E-state index contributed by atoms with van der Waals surface area (Å²) in [5, 5.41) is 15.2. The molecule has 3 aliphatic carbocycles. The molecule has 4 aromatic carbocycles. The van der Waals surface area contributed by atoms with E-state index in [1.54, 1.807) is 47.9 Å². The fraction of sp³-hybridized carbons (Fsp3) is 0.474. The lowest BCUT2D eigenvalue weighted by molar-refractivity contribution is -0.142. The molecule has 6 unspecified atom stereocenters. The summed E-state index contributed by atoms with van der Waals surface area (Å²) in [6.45, 7) is 4.29. The first-order valence-corrected chi connectivity index (χ1v) is 32.1. The van der Waals surface area contributed by atoms with Crippen LogP contribution in [0.1, 0.15) is 81.8 Å². The number of carboxylic acid groups (broad SMARTS) is 1. The summed E-state index contributed by atoms with van der Waals surface area (Å²) >= 11 is 13.2. The van der Waals surface area contributed by atoms with Gasteiger partial charge in [-0.15, -0.1) is 23.2 Å². The highest BCUT2D eigenvalue weighted by molar-refractivity contribution is 8.77. The van der Waals surface area contributed by atoms with E-state index in [0.717, 1.165) is 21.4 Å². The van der Waals surface area contributed by atoms with E-state index in [-0.39, 0.29) is 104 Å². The Morgan fingerprint density at radius 1 is 0.771 bits per heavy atom. The molecule has 26 heteroatoms. The highest BCUT2D eigenvalue weighted by Gasteiger charge is 3.01. The molecule has 0 radical (unpaired) electrons. The molecule has 4 aromatic rings. The quantitative estimate of drug-likeness (QED) is 0.0169. The van der Waals surface area contributed by atoms with Gasteiger partial charge in [0.2, 0.25) is 17.7 Å². The smallest absolute Gasteiger partial charge is 0.480 e. The number of fused-ring (bicyclic) bond motifs is 6. The van der Waals surface area contributed by atoms with E-state index in [1.165, 1.54) is 63.7 Å². The van der Waals surface area contributed by atoms with Crippen molar-refractivity contribution in [1.82, 2.24) is 20.0 Å². The molecule has 1 spiro atoms. The minimum absolute atomic E-state index is 0.0102. The normalized spacial score (nSPS) is 23.0. The standard InChI is InChI=1S/C57H63Cl2N6O15PS2/c1-54(2,48(49(69)70)60-43(66)16-6-5-11-19-63-44(67)17-18-45(63)68)83-82-23-22-78-52(73)61(3)20-21-62(4)53(74)79-41-24-39-46(37-14-9-7-12-35(37)41)33(26-58)28-64(39)50(71)55-30-56(32-57(55,56)31-55)51(72)65-29-34(27-59)47-38-15-10-8-13-36(38)42(25-40(47)65)80-81(75,76)77/h7-10,12-15,17-18,24-25,33-34,48H,5-6,11,16,19-23,26-32H2,1-4H3,(H,60,66)(H,69,70)(H2,75,76,77). The van der Waals surface area contributed by atoms with Crippen LogP contribution in [0.2, 0.25) is 0 Å². The number of unbranched alkanes of at least 4 members (excludes halogenated alkanes) is 2. The molecule has 3 saturated carbocycles. The number of hydrogen-bond acceptors (Lipinski definition) is 14. The minimum atomic E-state index is -4.97. The van der Waals surface area contributed by atoms with Crippen LogP contribution in [0.4, 0.5) is 21.0 Å². The fourth-order valence-corrected chi connectivity index (χ4v) is 16.3. The van der Waals surface area contributed by atoms with E-state index in [4.69, 9.17) is 37.2 Å². The lowest BCUT2D eigenvalue weighted by Gasteiger charge is -2.37. The van der Waals surface area contributed by atoms with Gasteiger partial charge in [-0.05, 0) is 67.9 Å². The predicted octanol–water partition coefficient (Wildman–Crippen LogP) is 8.39. The number of amides is 7. The average molecular weight is 1240 g/mol. The number of aliphatic carboxylic acids is 1. The number of rotatable bonds is 24. The SMILES string of the molecule is CN(CCN(C)C(=O)Oc1cc2c(c3ccccc13)C(CCl)CN2C(=O)C12CC3(C(=O)N4CC(CCl)c5c4cc(OP(=O)(O)O)c4ccccc54)CC13C2)C(=O)OCCSSC(C)(C)C(NC(=O)CCCCCN1C(=O)C=CC1=O)C(=O)O. The van der Waals surface area contributed by atoms with Crippen LogP contribution in [-0.2, 0) is 38.1 Å². The van der Waals surface area contributed by atoms with E-state index >= 15 is 4.79 Å². The van der Waals surface area contributed by atoms with E-state index in [9.17, 15) is 53.0 Å². The molecular weight excluding hydrogens is 1170 g/mol. The number of imide groups is 1. The second-order valence-corrected chi connectivity index (χ2v) is 27.6. The maximum Gasteiger partial charge on any atom is 0.524 e. The third kappa shape index (κ3) is 11.0. The maximum absolute atomic E-state index is 15.1. The van der Waals surface area contributed by atoms with Crippen molar-refractivity contribution in [2.24, 2.45) is 16.2 Å². The summed E-state index contributed by atoms with van der Waals surface area (Å²) < 4.78 is 27.8. The number of halogens is 2. The largest absolute Gasteiger partial charge is 0.524 e. The maximum atomic E-state index is 15.1. The van der Waals surface area contributed by atoms with Gasteiger partial charge in [-0.25, -0.2) is 18.9 Å². The van der Waals surface area contributed by atoms with E-state index in [0.29, 0.717) is 71.8 Å². The second kappa shape index (κ2) is 23.1. The van der Waals surface area contributed by atoms with Crippen LogP contribution >= 0.6 is 52.6 Å². The predicted molar refractivity (Wildman–Crippen MR) is 314 cm³/mol. The van der Waals surface area contributed by atoms with Crippen LogP contribution < -0.4 is 24.4 Å². The van der Waals surface area contributed by atoms with E-state index in [1.807, 2.05) is 30.3 Å². The highest BCUT2D eigenvalue weighted by Crippen LogP contribution is 3.01. The van der Waals surface area contributed by atoms with Crippen molar-refractivity contribution in [1.29, 1.82) is 0 Å². The van der Waals surface area contributed by atoms with Gasteiger partial charge < -0.3 is 44.0 Å². The number of nitrogens with one attached hydrogen (secondary N) is 1. The van der Waals surface area contributed by atoms with Crippen LogP contribution in [0, 0.1) is 16.2 Å². The van der Waals surface area contributed by atoms with Crippen molar-refractivity contribution in [2.45, 2.75) is 81.4 Å². The molecule has 3 heterocycles. The van der Waals surface area contributed by atoms with Gasteiger partial charge in [-0.1, -0.05) is 76.5 Å². The number of benzene rings is 4. The van der Waals surface area contributed by atoms with Crippen molar-refractivity contribution in [3.63, 3.8) is 0 Å². The number of carbonyl (C=O) groups is 8. The van der Waals surface area contributed by atoms with Crippen molar-refractivity contribution in [3.05, 3.63) is 83.9 Å². The molecule has 3 aliphatic heterocycles. The molecule has 4 N–H and O–H groups in total. The number of phosphoric acid groups is 1. The Hall–Kier alpha value is -6.07. The van der Waals surface area contributed by atoms with Crippen molar-refractivity contribution in [2.75, 3.05) is 80.7 Å². The van der Waals surface area contributed by atoms with Gasteiger partial charge in [-0.3, -0.25) is 38.7 Å². The summed E-state index contributed by atoms with van der Waals surface area (Å²) in [4.78, 5) is 132. The lowest BCUT2D eigenvalue weighted by Crippen LogP contribution is -2.52. The molecule has 83 heavy (non-hydrogen) atoms. The summed E-state index contributed by atoms with van der Waals surface area (Å²) in [5.74, 6) is -2.30. The van der Waals surface area contributed by atoms with E-state index in [2.05, 4.69) is 5.32 Å². The van der Waals surface area contributed by atoms with Crippen LogP contribution in [0.15, 0.2) is 72.8 Å². The first-order chi connectivity index (χ1) is 39.4. The number of ether oxygens (including phenoxy) is 2. The monoisotopic (exact) mass is 1240 g/mol. The molecule has 0 aromatic heterocycles. The van der Waals surface area contributed by atoms with Gasteiger partial charge in [0.1, 0.15) is 24.1 Å². The number of nitrogens with zero attached hydrogens (tertiary/aromatic N) is 5. The third-order valence-corrected chi connectivity index (χ3v) is 21.7. The average Bonchev–Trinajstić information content (AvgIpc) is 1.40. The van der Waals surface area contributed by atoms with Crippen molar-refractivity contribution in [3.8, 4) is 11.5 Å². The lowest BCUT2D eigenvalue weighted by atomic mass is 9.72. The summed E-state index contributed by atoms with van der Waals surface area (Å²) in [7, 11) is 0.582. The Morgan fingerprint density at radius 3 is 1.81 bits per heavy atom. The molecule has 6 atom stereocenters. The zero-order chi connectivity index (χ0) is 59.6. The van der Waals surface area contributed by atoms with Gasteiger partial charge in [0, 0.05) is 123 Å². The number of phosphoric ester groups is 1. The van der Waals surface area contributed by atoms with Gasteiger partial charge in [0.25, 0.3) is 11.8 Å². The van der Waals surface area contributed by atoms with Crippen molar-refractivity contribution < 1.29 is 71.8 Å². The van der Waals surface area contributed by atoms with Gasteiger partial charge in [0.15, 0.2) is 0 Å². The van der Waals surface area contributed by atoms with Crippen LogP contribution in [-0.4, -0.2) is 159 Å². The van der Waals surface area contributed by atoms with Gasteiger partial charge >= 0.3 is 26.0 Å². The molecule has 0 saturated heterocycles. The van der Waals surface area contributed by atoms with Crippen LogP contribution in [0.25, 0.3) is 21.5 Å². The zero-order valence-corrected chi connectivity index (χ0v) is 50.0. The number of alkyl halides is 2. The molecule has 10 rings (SSSR count). The fourth-order valence-electron chi connectivity index (χ4n) is 13.0. The summed E-state index contributed by atoms with van der Waals surface area (Å²) in [5.41, 5.74) is 0.538. The van der Waals surface area contributed by atoms with Crippen molar-refractivity contribution >= 4 is 133 Å². The molecule has 21 nitrogen and oxygen atoms in total. The van der Waals surface area contributed by atoms with Crippen LogP contribution in [0.3, 0.4) is 0 Å². The van der Waals surface area contributed by atoms with Gasteiger partial charge in [0.05, 0.1) is 27.0 Å². The Morgan fingerprint density at radius 2 is 1.29 bits per heavy atom. The first kappa shape index (κ1) is 60.1. The summed E-state index contributed by atoms with van der Waals surface area (Å²) in [6.07, 6.45) is 3.99. The minimum Gasteiger partial charge on any atom is -0.480 e. The third-order valence-electron chi connectivity index (χ3n) is 17.2. The number of carbonyl (C=O) groups excluding carboxylic acids is 7. The number of hydrogen-bond donors (Lipinski definition) is 4. The van der Waals surface area contributed by atoms with Gasteiger partial charge in [-0.2, -0.15) is 0 Å². The Balaban J connectivity index is 0.720. The Kier molecular flexibility index (Phi) is 16.7. The number of carboxylic acids is 1. The summed E-state index contributed by atoms with van der Waals surface area (Å²) in [6, 6.07) is 16.5. The molecule has 7 amide bonds. The molecular formula is C57H63Cl2N6O15PS2. The van der Waals surface area contributed by atoms with Crippen LogP contribution in [0.5, 0.6) is 11.5 Å². The molecule has 442 valence electrons. The highest BCUT2D eigenvalue weighted by atomic mass is 35.5. The molecule has 6 aliphatic rings. The first-order valence-electron chi connectivity index (χ1n) is 27.2. The second-order valence-electron chi connectivity index (χ2n) is 22.7. The van der Waals surface area contributed by atoms with E-state index < -0.39 is 58.9 Å².